The lowest BCUT2D eigenvalue weighted by molar-refractivity contribution is -0.124. The highest BCUT2D eigenvalue weighted by Crippen LogP contribution is 2.19. The van der Waals surface area contributed by atoms with Gasteiger partial charge in [-0.3, -0.25) is 4.79 Å². The van der Waals surface area contributed by atoms with Gasteiger partial charge in [-0.2, -0.15) is 0 Å². The summed E-state index contributed by atoms with van der Waals surface area (Å²) in [5.74, 6) is 1.02. The number of carbonyl (C=O) groups excluding carboxylic acids is 1. The van der Waals surface area contributed by atoms with E-state index in [-0.39, 0.29) is 11.8 Å². The lowest BCUT2D eigenvalue weighted by Crippen LogP contribution is -2.26. The van der Waals surface area contributed by atoms with Crippen LogP contribution in [0.5, 0.6) is 0 Å². The molecule has 0 aliphatic rings. The molecule has 2 nitrogen and oxygen atoms in total. The zero-order valence-electron chi connectivity index (χ0n) is 12.2. The molecule has 1 amide bonds. The van der Waals surface area contributed by atoms with E-state index in [1.807, 2.05) is 6.92 Å². The highest BCUT2D eigenvalue weighted by molar-refractivity contribution is 5.77. The largest absolute Gasteiger partial charge is 0.359 e. The summed E-state index contributed by atoms with van der Waals surface area (Å²) >= 11 is 0. The molecule has 0 spiro atoms. The van der Waals surface area contributed by atoms with Gasteiger partial charge in [-0.25, -0.2) is 0 Å². The molecule has 0 aromatic rings. The molecular weight excluding hydrogens is 210 g/mol. The fourth-order valence-electron chi connectivity index (χ4n) is 2.35. The fourth-order valence-corrected chi connectivity index (χ4v) is 2.35. The lowest BCUT2D eigenvalue weighted by Gasteiger charge is -2.15. The van der Waals surface area contributed by atoms with Gasteiger partial charge < -0.3 is 5.32 Å². The molecule has 1 N–H and O–H groups in total. The highest BCUT2D eigenvalue weighted by atomic mass is 16.1. The molecule has 2 atom stereocenters. The van der Waals surface area contributed by atoms with Crippen molar-refractivity contribution in [2.75, 3.05) is 7.05 Å². The second-order valence-corrected chi connectivity index (χ2v) is 5.41. The highest BCUT2D eigenvalue weighted by Gasteiger charge is 2.14. The van der Waals surface area contributed by atoms with Gasteiger partial charge >= 0.3 is 0 Å². The molecule has 0 aliphatic heterocycles. The van der Waals surface area contributed by atoms with Crippen LogP contribution in [0.25, 0.3) is 0 Å². The van der Waals surface area contributed by atoms with Gasteiger partial charge in [0.1, 0.15) is 0 Å². The van der Waals surface area contributed by atoms with Gasteiger partial charge in [-0.05, 0) is 12.3 Å². The number of hydrogen-bond donors (Lipinski definition) is 1. The van der Waals surface area contributed by atoms with Gasteiger partial charge in [-0.1, -0.05) is 65.7 Å². The lowest BCUT2D eigenvalue weighted by atomic mass is 9.92. The molecule has 2 heteroatoms. The van der Waals surface area contributed by atoms with E-state index in [4.69, 9.17) is 0 Å². The Bertz CT molecular complexity index is 191. The third kappa shape index (κ3) is 9.20. The molecule has 0 fully saturated rings. The van der Waals surface area contributed by atoms with Gasteiger partial charge in [0.15, 0.2) is 0 Å². The zero-order chi connectivity index (χ0) is 13.1. The maximum Gasteiger partial charge on any atom is 0.222 e. The van der Waals surface area contributed by atoms with Crippen molar-refractivity contribution in [1.29, 1.82) is 0 Å². The SMILES string of the molecule is CCCCCCCC[C@H](C)C[C@H](C)C(=O)NC. The molecule has 17 heavy (non-hydrogen) atoms. The third-order valence-corrected chi connectivity index (χ3v) is 3.50. The van der Waals surface area contributed by atoms with Crippen LogP contribution in [-0.2, 0) is 4.79 Å². The smallest absolute Gasteiger partial charge is 0.222 e. The minimum Gasteiger partial charge on any atom is -0.359 e. The molecule has 0 unspecified atom stereocenters. The Labute approximate surface area is 108 Å². The number of amides is 1. The summed E-state index contributed by atoms with van der Waals surface area (Å²) in [6.45, 7) is 6.55. The predicted molar refractivity (Wildman–Crippen MR) is 75.0 cm³/mol. The average Bonchev–Trinajstić information content (AvgIpc) is 2.32. The molecule has 102 valence electrons. The standard InChI is InChI=1S/C15H31NO/c1-5-6-7-8-9-10-11-13(2)12-14(3)15(17)16-4/h13-14H,5-12H2,1-4H3,(H,16,17)/t13-,14-/m0/s1. The summed E-state index contributed by atoms with van der Waals surface area (Å²) in [5, 5.41) is 2.72. The van der Waals surface area contributed by atoms with E-state index >= 15 is 0 Å². The van der Waals surface area contributed by atoms with Gasteiger partial charge in [0.2, 0.25) is 5.91 Å². The molecule has 0 saturated heterocycles. The van der Waals surface area contributed by atoms with Crippen LogP contribution < -0.4 is 5.32 Å². The van der Waals surface area contributed by atoms with E-state index in [2.05, 4.69) is 19.2 Å². The van der Waals surface area contributed by atoms with Crippen molar-refractivity contribution in [3.63, 3.8) is 0 Å². The number of rotatable bonds is 10. The molecule has 0 rings (SSSR count). The molecule has 0 radical (unpaired) electrons. The predicted octanol–water partition coefficient (Wildman–Crippen LogP) is 4.15. The number of unbranched alkanes of at least 4 members (excludes halogenated alkanes) is 5. The van der Waals surface area contributed by atoms with E-state index in [1.165, 1.54) is 44.9 Å². The monoisotopic (exact) mass is 241 g/mol. The van der Waals surface area contributed by atoms with Crippen molar-refractivity contribution in [2.45, 2.75) is 72.1 Å². The van der Waals surface area contributed by atoms with Crippen LogP contribution in [0.4, 0.5) is 0 Å². The minimum absolute atomic E-state index is 0.162. The molecule has 0 aliphatic carbocycles. The first-order valence-electron chi connectivity index (χ1n) is 7.33. The third-order valence-electron chi connectivity index (χ3n) is 3.50. The summed E-state index contributed by atoms with van der Waals surface area (Å²) in [5.41, 5.74) is 0. The molecular formula is C15H31NO. The Kier molecular flexibility index (Phi) is 10.3. The molecule has 0 saturated carbocycles. The number of carbonyl (C=O) groups is 1. The van der Waals surface area contributed by atoms with Gasteiger partial charge in [-0.15, -0.1) is 0 Å². The second-order valence-electron chi connectivity index (χ2n) is 5.41. The van der Waals surface area contributed by atoms with Crippen LogP contribution in [-0.4, -0.2) is 13.0 Å². The van der Waals surface area contributed by atoms with Crippen molar-refractivity contribution >= 4 is 5.91 Å². The Hall–Kier alpha value is -0.530. The zero-order valence-corrected chi connectivity index (χ0v) is 12.2. The summed E-state index contributed by atoms with van der Waals surface area (Å²) in [6, 6.07) is 0. The van der Waals surface area contributed by atoms with Crippen LogP contribution >= 0.6 is 0 Å². The summed E-state index contributed by atoms with van der Waals surface area (Å²) in [6.07, 6.45) is 10.4. The topological polar surface area (TPSA) is 29.1 Å². The van der Waals surface area contributed by atoms with Gasteiger partial charge in [0, 0.05) is 13.0 Å². The van der Waals surface area contributed by atoms with E-state index in [0.29, 0.717) is 5.92 Å². The summed E-state index contributed by atoms with van der Waals surface area (Å²) in [4.78, 5) is 11.4. The molecule has 0 bridgehead atoms. The Morgan fingerprint density at radius 1 is 1.06 bits per heavy atom. The first-order valence-corrected chi connectivity index (χ1v) is 7.33. The maximum atomic E-state index is 11.4. The fraction of sp³-hybridized carbons (Fsp3) is 0.933. The van der Waals surface area contributed by atoms with Crippen LogP contribution in [0, 0.1) is 11.8 Å². The van der Waals surface area contributed by atoms with Crippen LogP contribution in [0.2, 0.25) is 0 Å². The van der Waals surface area contributed by atoms with Crippen LogP contribution in [0.15, 0.2) is 0 Å². The molecule has 0 aromatic heterocycles. The molecule has 0 aromatic carbocycles. The van der Waals surface area contributed by atoms with E-state index in [0.717, 1.165) is 6.42 Å². The number of hydrogen-bond acceptors (Lipinski definition) is 1. The Morgan fingerprint density at radius 2 is 1.65 bits per heavy atom. The maximum absolute atomic E-state index is 11.4. The van der Waals surface area contributed by atoms with Crippen LogP contribution in [0.1, 0.15) is 72.1 Å². The van der Waals surface area contributed by atoms with E-state index in [1.54, 1.807) is 7.05 Å². The summed E-state index contributed by atoms with van der Waals surface area (Å²) < 4.78 is 0. The second kappa shape index (κ2) is 10.6. The normalized spacial score (nSPS) is 14.4. The first-order chi connectivity index (χ1) is 8.11. The Morgan fingerprint density at radius 3 is 2.24 bits per heavy atom. The van der Waals surface area contributed by atoms with Crippen molar-refractivity contribution in [3.8, 4) is 0 Å². The molecule has 0 heterocycles. The Balaban J connectivity index is 3.46. The van der Waals surface area contributed by atoms with E-state index in [9.17, 15) is 4.79 Å². The van der Waals surface area contributed by atoms with Gasteiger partial charge in [0.05, 0.1) is 0 Å². The first kappa shape index (κ1) is 16.5. The van der Waals surface area contributed by atoms with E-state index < -0.39 is 0 Å². The average molecular weight is 241 g/mol. The van der Waals surface area contributed by atoms with Gasteiger partial charge in [0.25, 0.3) is 0 Å². The van der Waals surface area contributed by atoms with Crippen molar-refractivity contribution in [1.82, 2.24) is 5.32 Å². The quantitative estimate of drug-likeness (QED) is 0.572. The number of nitrogens with one attached hydrogen (secondary N) is 1. The minimum atomic E-state index is 0.162. The van der Waals surface area contributed by atoms with Crippen LogP contribution in [0.3, 0.4) is 0 Å². The van der Waals surface area contributed by atoms with Crippen molar-refractivity contribution in [2.24, 2.45) is 11.8 Å². The van der Waals surface area contributed by atoms with Crippen molar-refractivity contribution in [3.05, 3.63) is 0 Å². The van der Waals surface area contributed by atoms with Crippen molar-refractivity contribution < 1.29 is 4.79 Å². The summed E-state index contributed by atoms with van der Waals surface area (Å²) in [7, 11) is 1.72.